The van der Waals surface area contributed by atoms with Gasteiger partial charge in [-0.1, -0.05) is 12.1 Å². The Bertz CT molecular complexity index is 820. The zero-order valence-electron chi connectivity index (χ0n) is 13.4. The van der Waals surface area contributed by atoms with Gasteiger partial charge < -0.3 is 15.2 Å². The van der Waals surface area contributed by atoms with Crippen LogP contribution in [0.2, 0.25) is 0 Å². The largest absolute Gasteiger partial charge is 0.353 e. The molecule has 0 unspecified atom stereocenters. The monoisotopic (exact) mass is 325 g/mol. The Morgan fingerprint density at radius 2 is 1.88 bits per heavy atom. The van der Waals surface area contributed by atoms with Gasteiger partial charge in [-0.25, -0.2) is 0 Å². The van der Waals surface area contributed by atoms with Crippen LogP contribution >= 0.6 is 0 Å². The number of nitrogens with zero attached hydrogens (tertiary/aromatic N) is 1. The van der Waals surface area contributed by atoms with Crippen LogP contribution < -0.4 is 16.2 Å². The Labute approximate surface area is 139 Å². The summed E-state index contributed by atoms with van der Waals surface area (Å²) >= 11 is 0. The highest BCUT2D eigenvalue weighted by molar-refractivity contribution is 6.04. The Morgan fingerprint density at radius 3 is 2.54 bits per heavy atom. The van der Waals surface area contributed by atoms with Crippen molar-refractivity contribution >= 4 is 17.5 Å². The summed E-state index contributed by atoms with van der Waals surface area (Å²) in [6.45, 7) is 0. The van der Waals surface area contributed by atoms with Crippen LogP contribution in [0.3, 0.4) is 0 Å². The molecule has 1 aliphatic carbocycles. The molecule has 1 fully saturated rings. The van der Waals surface area contributed by atoms with Crippen molar-refractivity contribution in [3.05, 3.63) is 64.1 Å². The second kappa shape index (κ2) is 6.70. The first-order valence-corrected chi connectivity index (χ1v) is 7.88. The van der Waals surface area contributed by atoms with Gasteiger partial charge in [-0.2, -0.15) is 0 Å². The molecular formula is C18H19N3O3. The van der Waals surface area contributed by atoms with Gasteiger partial charge in [0.25, 0.3) is 11.5 Å². The molecule has 0 saturated heterocycles. The van der Waals surface area contributed by atoms with Crippen molar-refractivity contribution in [1.82, 2.24) is 9.88 Å². The van der Waals surface area contributed by atoms with Gasteiger partial charge in [0.2, 0.25) is 5.91 Å². The van der Waals surface area contributed by atoms with Crippen LogP contribution in [-0.2, 0) is 18.3 Å². The lowest BCUT2D eigenvalue weighted by Crippen LogP contribution is -2.27. The molecule has 0 spiro atoms. The van der Waals surface area contributed by atoms with E-state index in [1.165, 1.54) is 10.6 Å². The lowest BCUT2D eigenvalue weighted by Gasteiger charge is -2.07. The number of nitrogens with one attached hydrogen (secondary N) is 2. The standard InChI is InChI=1S/C18H19N3O3/c1-21-10-2-3-15(18(21)24)17(23)20-14-6-4-12(5-7-14)11-16(22)19-13-8-9-13/h2-7,10,13H,8-9,11H2,1H3,(H,19,22)(H,20,23). The van der Waals surface area contributed by atoms with Gasteiger partial charge in [0.15, 0.2) is 0 Å². The van der Waals surface area contributed by atoms with Gasteiger partial charge in [-0.15, -0.1) is 0 Å². The van der Waals surface area contributed by atoms with Gasteiger partial charge in [0.05, 0.1) is 6.42 Å². The van der Waals surface area contributed by atoms with E-state index in [2.05, 4.69) is 10.6 Å². The molecule has 6 heteroatoms. The van der Waals surface area contributed by atoms with Crippen LogP contribution in [0, 0.1) is 0 Å². The molecule has 0 bridgehead atoms. The number of aromatic nitrogens is 1. The number of benzene rings is 1. The molecule has 1 heterocycles. The van der Waals surface area contributed by atoms with Crippen LogP contribution in [0.25, 0.3) is 0 Å². The van der Waals surface area contributed by atoms with Crippen molar-refractivity contribution in [2.24, 2.45) is 7.05 Å². The average Bonchev–Trinajstić information content (AvgIpc) is 3.35. The number of amides is 2. The van der Waals surface area contributed by atoms with Crippen molar-refractivity contribution < 1.29 is 9.59 Å². The highest BCUT2D eigenvalue weighted by atomic mass is 16.2. The van der Waals surface area contributed by atoms with E-state index in [4.69, 9.17) is 0 Å². The lowest BCUT2D eigenvalue weighted by molar-refractivity contribution is -0.120. The fourth-order valence-electron chi connectivity index (χ4n) is 2.37. The Morgan fingerprint density at radius 1 is 1.17 bits per heavy atom. The number of anilines is 1. The minimum Gasteiger partial charge on any atom is -0.353 e. The molecule has 1 aromatic heterocycles. The summed E-state index contributed by atoms with van der Waals surface area (Å²) in [6.07, 6.45) is 4.05. The van der Waals surface area contributed by atoms with E-state index >= 15 is 0 Å². The molecule has 6 nitrogen and oxygen atoms in total. The number of carbonyl (C=O) groups is 2. The van der Waals surface area contributed by atoms with E-state index in [1.807, 2.05) is 0 Å². The molecule has 24 heavy (non-hydrogen) atoms. The summed E-state index contributed by atoms with van der Waals surface area (Å²) in [7, 11) is 1.60. The third-order valence-electron chi connectivity index (χ3n) is 3.89. The van der Waals surface area contributed by atoms with Crippen LogP contribution in [0.4, 0.5) is 5.69 Å². The highest BCUT2D eigenvalue weighted by Crippen LogP contribution is 2.19. The minimum atomic E-state index is -0.449. The van der Waals surface area contributed by atoms with Gasteiger partial charge in [0, 0.05) is 25.0 Å². The molecular weight excluding hydrogens is 306 g/mol. The van der Waals surface area contributed by atoms with Gasteiger partial charge >= 0.3 is 0 Å². The van der Waals surface area contributed by atoms with E-state index in [0.29, 0.717) is 18.2 Å². The number of aryl methyl sites for hydroxylation is 1. The molecule has 0 aliphatic heterocycles. The molecule has 124 valence electrons. The zero-order valence-corrected chi connectivity index (χ0v) is 13.4. The number of hydrogen-bond acceptors (Lipinski definition) is 3. The summed E-state index contributed by atoms with van der Waals surface area (Å²) in [6, 6.07) is 10.5. The Hall–Kier alpha value is -2.89. The van der Waals surface area contributed by atoms with Crippen LogP contribution in [0.15, 0.2) is 47.4 Å². The fraction of sp³-hybridized carbons (Fsp3) is 0.278. The number of pyridine rings is 1. The molecule has 1 aliphatic rings. The Balaban J connectivity index is 1.63. The summed E-state index contributed by atoms with van der Waals surface area (Å²) in [5, 5.41) is 5.63. The van der Waals surface area contributed by atoms with Gasteiger partial charge in [-0.3, -0.25) is 14.4 Å². The van der Waals surface area contributed by atoms with Crippen molar-refractivity contribution in [2.45, 2.75) is 25.3 Å². The summed E-state index contributed by atoms with van der Waals surface area (Å²) in [5.41, 5.74) is 1.20. The third-order valence-corrected chi connectivity index (χ3v) is 3.89. The quantitative estimate of drug-likeness (QED) is 0.873. The predicted octanol–water partition coefficient (Wildman–Crippen LogP) is 1.46. The SMILES string of the molecule is Cn1cccc(C(=O)Nc2ccc(CC(=O)NC3CC3)cc2)c1=O. The maximum Gasteiger partial charge on any atom is 0.263 e. The number of rotatable bonds is 5. The maximum atomic E-state index is 12.2. The van der Waals surface area contributed by atoms with Crippen molar-refractivity contribution in [3.63, 3.8) is 0 Å². The van der Waals surface area contributed by atoms with Gasteiger partial charge in [-0.05, 0) is 42.7 Å². The third kappa shape index (κ3) is 3.90. The maximum absolute atomic E-state index is 12.2. The molecule has 3 rings (SSSR count). The predicted molar refractivity (Wildman–Crippen MR) is 90.9 cm³/mol. The van der Waals surface area contributed by atoms with Crippen molar-refractivity contribution in [3.8, 4) is 0 Å². The highest BCUT2D eigenvalue weighted by Gasteiger charge is 2.23. The number of hydrogen-bond donors (Lipinski definition) is 2. The van der Waals surface area contributed by atoms with Crippen molar-refractivity contribution in [2.75, 3.05) is 5.32 Å². The Kier molecular flexibility index (Phi) is 4.46. The van der Waals surface area contributed by atoms with Crippen LogP contribution in [-0.4, -0.2) is 22.4 Å². The molecule has 1 aromatic carbocycles. The van der Waals surface area contributed by atoms with E-state index in [9.17, 15) is 14.4 Å². The first-order chi connectivity index (χ1) is 11.5. The second-order valence-electron chi connectivity index (χ2n) is 6.01. The molecule has 1 saturated carbocycles. The molecule has 2 amide bonds. The summed E-state index contributed by atoms with van der Waals surface area (Å²) < 4.78 is 1.36. The molecule has 2 N–H and O–H groups in total. The first kappa shape index (κ1) is 16.0. The van der Waals surface area contributed by atoms with Gasteiger partial charge in [0.1, 0.15) is 5.56 Å². The second-order valence-corrected chi connectivity index (χ2v) is 6.01. The van der Waals surface area contributed by atoms with E-state index in [1.54, 1.807) is 43.6 Å². The minimum absolute atomic E-state index is 0.0158. The molecule has 0 atom stereocenters. The van der Waals surface area contributed by atoms with Crippen LogP contribution in [0.5, 0.6) is 0 Å². The lowest BCUT2D eigenvalue weighted by atomic mass is 10.1. The normalized spacial score (nSPS) is 13.4. The molecule has 2 aromatic rings. The van der Waals surface area contributed by atoms with Crippen LogP contribution in [0.1, 0.15) is 28.8 Å². The summed E-state index contributed by atoms with van der Waals surface area (Å²) in [4.78, 5) is 35.9. The van der Waals surface area contributed by atoms with Crippen molar-refractivity contribution in [1.29, 1.82) is 0 Å². The topological polar surface area (TPSA) is 80.2 Å². The smallest absolute Gasteiger partial charge is 0.263 e. The van der Waals surface area contributed by atoms with E-state index < -0.39 is 5.91 Å². The fourth-order valence-corrected chi connectivity index (χ4v) is 2.37. The van der Waals surface area contributed by atoms with E-state index in [-0.39, 0.29) is 17.0 Å². The zero-order chi connectivity index (χ0) is 17.1. The number of carbonyl (C=O) groups excluding carboxylic acids is 2. The summed E-state index contributed by atoms with van der Waals surface area (Å²) in [5.74, 6) is -0.433. The molecule has 0 radical (unpaired) electrons. The van der Waals surface area contributed by atoms with E-state index in [0.717, 1.165) is 18.4 Å². The average molecular weight is 325 g/mol. The first-order valence-electron chi connectivity index (χ1n) is 7.88.